The summed E-state index contributed by atoms with van der Waals surface area (Å²) in [7, 11) is 0. The Kier molecular flexibility index (Phi) is 6.13. The summed E-state index contributed by atoms with van der Waals surface area (Å²) < 4.78 is 79.3. The minimum atomic E-state index is -5.02. The molecule has 0 aliphatic carbocycles. The number of fused-ring (bicyclic) bond motifs is 1. The van der Waals surface area contributed by atoms with E-state index >= 15 is 0 Å². The largest absolute Gasteiger partial charge is 0.416 e. The van der Waals surface area contributed by atoms with Crippen LogP contribution in [0.15, 0.2) is 34.2 Å². The molecule has 12 heteroatoms. The summed E-state index contributed by atoms with van der Waals surface area (Å²) in [6, 6.07) is 1.60. The minimum Gasteiger partial charge on any atom is -0.326 e. The van der Waals surface area contributed by atoms with Crippen LogP contribution in [0, 0.1) is 0 Å². The van der Waals surface area contributed by atoms with Crippen molar-refractivity contribution < 1.29 is 31.1 Å². The summed E-state index contributed by atoms with van der Waals surface area (Å²) in [4.78, 5) is 29.4. The van der Waals surface area contributed by atoms with Gasteiger partial charge in [0.1, 0.15) is 0 Å². The van der Waals surface area contributed by atoms with Gasteiger partial charge in [0.25, 0.3) is 5.56 Å². The van der Waals surface area contributed by atoms with Gasteiger partial charge in [0, 0.05) is 29.3 Å². The molecule has 3 rings (SSSR count). The number of halogens is 6. The van der Waals surface area contributed by atoms with E-state index in [4.69, 9.17) is 0 Å². The lowest BCUT2D eigenvalue weighted by atomic mass is 9.92. The van der Waals surface area contributed by atoms with E-state index in [0.717, 1.165) is 0 Å². The zero-order valence-electron chi connectivity index (χ0n) is 17.2. The Morgan fingerprint density at radius 2 is 1.62 bits per heavy atom. The number of hydrogen-bond acceptors (Lipinski definition) is 4. The first-order valence-electron chi connectivity index (χ1n) is 9.42. The zero-order valence-corrected chi connectivity index (χ0v) is 18.0. The van der Waals surface area contributed by atoms with Crippen LogP contribution in [0.25, 0.3) is 0 Å². The van der Waals surface area contributed by atoms with Gasteiger partial charge in [-0.2, -0.15) is 26.3 Å². The van der Waals surface area contributed by atoms with E-state index in [1.54, 1.807) is 0 Å². The summed E-state index contributed by atoms with van der Waals surface area (Å²) in [5.41, 5.74) is -3.85. The van der Waals surface area contributed by atoms with Crippen LogP contribution in [-0.4, -0.2) is 21.2 Å². The number of amides is 1. The monoisotopic (exact) mass is 479 g/mol. The molecule has 174 valence electrons. The maximum atomic E-state index is 13.0. The zero-order chi connectivity index (χ0) is 24.1. The molecule has 0 bridgehead atoms. The van der Waals surface area contributed by atoms with Crippen LogP contribution in [0.5, 0.6) is 0 Å². The highest BCUT2D eigenvalue weighted by atomic mass is 32.2. The topological polar surface area (TPSA) is 64.0 Å². The molecule has 1 aromatic heterocycles. The summed E-state index contributed by atoms with van der Waals surface area (Å²) in [6.45, 7) is 5.67. The van der Waals surface area contributed by atoms with Crippen LogP contribution >= 0.6 is 11.8 Å². The molecular formula is C20H19F6N3O2S. The Balaban J connectivity index is 1.83. The van der Waals surface area contributed by atoms with E-state index < -0.39 is 41.1 Å². The van der Waals surface area contributed by atoms with Crippen molar-refractivity contribution in [2.24, 2.45) is 0 Å². The molecule has 2 heterocycles. The van der Waals surface area contributed by atoms with Gasteiger partial charge < -0.3 is 5.32 Å². The molecule has 1 amide bonds. The second kappa shape index (κ2) is 8.13. The van der Waals surface area contributed by atoms with Crippen molar-refractivity contribution in [1.82, 2.24) is 9.55 Å². The summed E-state index contributed by atoms with van der Waals surface area (Å²) in [5.74, 6) is -0.498. The van der Waals surface area contributed by atoms with Gasteiger partial charge in [0.2, 0.25) is 5.91 Å². The molecule has 5 nitrogen and oxygen atoms in total. The van der Waals surface area contributed by atoms with E-state index in [2.05, 4.69) is 10.3 Å². The van der Waals surface area contributed by atoms with Gasteiger partial charge >= 0.3 is 12.4 Å². The minimum absolute atomic E-state index is 0.0163. The highest BCUT2D eigenvalue weighted by molar-refractivity contribution is 7.99. The van der Waals surface area contributed by atoms with Crippen molar-refractivity contribution in [3.05, 3.63) is 51.4 Å². The van der Waals surface area contributed by atoms with E-state index in [-0.39, 0.29) is 23.5 Å². The third-order valence-corrected chi connectivity index (χ3v) is 5.85. The van der Waals surface area contributed by atoms with Gasteiger partial charge in [0.05, 0.1) is 22.9 Å². The molecule has 32 heavy (non-hydrogen) atoms. The van der Waals surface area contributed by atoms with E-state index in [1.165, 1.54) is 22.4 Å². The molecule has 1 N–H and O–H groups in total. The Morgan fingerprint density at radius 3 is 2.12 bits per heavy atom. The number of thioether (sulfide) groups is 1. The predicted octanol–water partition coefficient (Wildman–Crippen LogP) is 5.25. The number of aromatic nitrogens is 2. The maximum absolute atomic E-state index is 13.0. The maximum Gasteiger partial charge on any atom is 0.416 e. The van der Waals surface area contributed by atoms with Gasteiger partial charge in [-0.25, -0.2) is 4.98 Å². The predicted molar refractivity (Wildman–Crippen MR) is 107 cm³/mol. The summed E-state index contributed by atoms with van der Waals surface area (Å²) >= 11 is 1.25. The summed E-state index contributed by atoms with van der Waals surface area (Å²) in [5, 5.41) is 2.51. The number of nitrogens with one attached hydrogen (secondary N) is 1. The van der Waals surface area contributed by atoms with Gasteiger partial charge in [-0.3, -0.25) is 14.2 Å². The fourth-order valence-corrected chi connectivity index (χ4v) is 4.29. The van der Waals surface area contributed by atoms with Crippen LogP contribution in [0.2, 0.25) is 0 Å². The molecule has 2 aromatic rings. The second-order valence-electron chi connectivity index (χ2n) is 8.39. The fraction of sp³-hybridized carbons (Fsp3) is 0.450. The first kappa shape index (κ1) is 24.1. The van der Waals surface area contributed by atoms with Crippen LogP contribution in [0.4, 0.5) is 32.0 Å². The van der Waals surface area contributed by atoms with Gasteiger partial charge in [-0.15, -0.1) is 0 Å². The molecule has 1 aromatic carbocycles. The highest BCUT2D eigenvalue weighted by Crippen LogP contribution is 2.38. The Labute approximate surface area is 183 Å². The quantitative estimate of drug-likeness (QED) is 0.482. The average molecular weight is 479 g/mol. The van der Waals surface area contributed by atoms with Gasteiger partial charge in [-0.1, -0.05) is 32.5 Å². The molecule has 1 aliphatic rings. The third-order valence-electron chi connectivity index (χ3n) is 4.75. The molecule has 0 saturated carbocycles. The van der Waals surface area contributed by atoms with Crippen molar-refractivity contribution in [2.75, 3.05) is 11.1 Å². The molecule has 1 unspecified atom stereocenters. The number of carbonyl (C=O) groups is 1. The molecule has 0 saturated heterocycles. The first-order valence-corrected chi connectivity index (χ1v) is 10.4. The number of anilines is 1. The number of rotatable bonds is 3. The molecule has 1 atom stereocenters. The Hall–Kier alpha value is -2.50. The standard InChI is InChI=1S/C20H19F6N3O2S/c1-18(2,3)14-8-16(31)29-13(9-32-17(29)28-14)7-15(30)27-12-5-10(19(21,22)23)4-11(6-12)20(24,25)26/h4-6,8,13H,7,9H2,1-3H3,(H,27,30). The number of alkyl halides is 6. The fourth-order valence-electron chi connectivity index (χ4n) is 3.14. The Morgan fingerprint density at radius 1 is 1.06 bits per heavy atom. The van der Waals surface area contributed by atoms with Crippen LogP contribution in [0.1, 0.15) is 50.1 Å². The van der Waals surface area contributed by atoms with Crippen molar-refractivity contribution in [3.63, 3.8) is 0 Å². The van der Waals surface area contributed by atoms with E-state index in [1.807, 2.05) is 20.8 Å². The Bertz CT molecular complexity index is 1070. The lowest BCUT2D eigenvalue weighted by Gasteiger charge is -2.19. The third kappa shape index (κ3) is 5.28. The molecule has 0 fully saturated rings. The molecule has 0 spiro atoms. The number of carbonyl (C=O) groups excluding carboxylic acids is 1. The number of benzene rings is 1. The average Bonchev–Trinajstić information content (AvgIpc) is 3.02. The van der Waals surface area contributed by atoms with Crippen molar-refractivity contribution in [2.45, 2.75) is 56.2 Å². The first-order chi connectivity index (χ1) is 14.6. The smallest absolute Gasteiger partial charge is 0.326 e. The van der Waals surface area contributed by atoms with Gasteiger partial charge in [0.15, 0.2) is 5.16 Å². The van der Waals surface area contributed by atoms with Crippen molar-refractivity contribution in [1.29, 1.82) is 0 Å². The van der Waals surface area contributed by atoms with E-state index in [9.17, 15) is 35.9 Å². The van der Waals surface area contributed by atoms with Crippen molar-refractivity contribution >= 4 is 23.4 Å². The van der Waals surface area contributed by atoms with Crippen LogP contribution < -0.4 is 10.9 Å². The van der Waals surface area contributed by atoms with Crippen molar-refractivity contribution in [3.8, 4) is 0 Å². The molecule has 1 aliphatic heterocycles. The molecular weight excluding hydrogens is 460 g/mol. The second-order valence-corrected chi connectivity index (χ2v) is 9.38. The lowest BCUT2D eigenvalue weighted by molar-refractivity contribution is -0.143. The number of nitrogens with zero attached hydrogens (tertiary/aromatic N) is 2. The number of hydrogen-bond donors (Lipinski definition) is 1. The SMILES string of the molecule is CC(C)(C)c1cc(=O)n2c(n1)SCC2CC(=O)Nc1cc(C(F)(F)F)cc(C(F)(F)F)c1. The van der Waals surface area contributed by atoms with E-state index in [0.29, 0.717) is 28.7 Å². The summed E-state index contributed by atoms with van der Waals surface area (Å²) in [6.07, 6.45) is -10.4. The molecule has 0 radical (unpaired) electrons. The lowest BCUT2D eigenvalue weighted by Crippen LogP contribution is -2.29. The van der Waals surface area contributed by atoms with Gasteiger partial charge in [-0.05, 0) is 18.2 Å². The highest BCUT2D eigenvalue weighted by Gasteiger charge is 2.37. The normalized spacial score (nSPS) is 16.7. The van der Waals surface area contributed by atoms with Crippen LogP contribution in [-0.2, 0) is 22.6 Å². The van der Waals surface area contributed by atoms with Crippen LogP contribution in [0.3, 0.4) is 0 Å².